The molecule has 0 aliphatic carbocycles. The molecule has 0 aliphatic rings. The third kappa shape index (κ3) is 4.28. The standard InChI is InChI=1S/C15H14ClFN2O3S/c1-2-18-23(21,22)12-5-3-4-10(8-12)15(20)19-14-7-6-11(16)9-13(14)17/h3-9,18H,2H2,1H3,(H,19,20). The molecule has 2 N–H and O–H groups in total. The first-order chi connectivity index (χ1) is 10.8. The minimum absolute atomic E-state index is 0.0384. The molecule has 5 nitrogen and oxygen atoms in total. The molecule has 2 rings (SSSR count). The second-order valence-electron chi connectivity index (χ2n) is 4.61. The van der Waals surface area contributed by atoms with Crippen LogP contribution < -0.4 is 10.0 Å². The summed E-state index contributed by atoms with van der Waals surface area (Å²) in [5.41, 5.74) is 0.0534. The van der Waals surface area contributed by atoms with E-state index in [4.69, 9.17) is 11.6 Å². The number of nitrogens with one attached hydrogen (secondary N) is 2. The number of anilines is 1. The van der Waals surface area contributed by atoms with E-state index in [1.54, 1.807) is 6.92 Å². The molecule has 122 valence electrons. The summed E-state index contributed by atoms with van der Waals surface area (Å²) in [5, 5.41) is 2.58. The van der Waals surface area contributed by atoms with E-state index in [0.717, 1.165) is 6.07 Å². The molecule has 23 heavy (non-hydrogen) atoms. The van der Waals surface area contributed by atoms with Crippen molar-refractivity contribution >= 4 is 33.2 Å². The number of sulfonamides is 1. The highest BCUT2D eigenvalue weighted by molar-refractivity contribution is 7.89. The molecule has 0 unspecified atom stereocenters. The van der Waals surface area contributed by atoms with E-state index in [-0.39, 0.29) is 27.7 Å². The molecular formula is C15H14ClFN2O3S. The van der Waals surface area contributed by atoms with Gasteiger partial charge in [0.1, 0.15) is 5.82 Å². The zero-order chi connectivity index (χ0) is 17.0. The second-order valence-corrected chi connectivity index (χ2v) is 6.81. The van der Waals surface area contributed by atoms with Crippen LogP contribution in [0.2, 0.25) is 5.02 Å². The number of carbonyl (C=O) groups excluding carboxylic acids is 1. The quantitative estimate of drug-likeness (QED) is 0.864. The van der Waals surface area contributed by atoms with Crippen LogP contribution in [0, 0.1) is 5.82 Å². The van der Waals surface area contributed by atoms with Crippen molar-refractivity contribution in [3.63, 3.8) is 0 Å². The maximum Gasteiger partial charge on any atom is 0.255 e. The number of carbonyl (C=O) groups is 1. The van der Waals surface area contributed by atoms with Crippen molar-refractivity contribution in [3.05, 3.63) is 58.9 Å². The van der Waals surface area contributed by atoms with Gasteiger partial charge in [0, 0.05) is 17.1 Å². The monoisotopic (exact) mass is 356 g/mol. The van der Waals surface area contributed by atoms with Gasteiger partial charge < -0.3 is 5.32 Å². The van der Waals surface area contributed by atoms with Crippen LogP contribution in [0.1, 0.15) is 17.3 Å². The van der Waals surface area contributed by atoms with Crippen molar-refractivity contribution in [3.8, 4) is 0 Å². The molecular weight excluding hydrogens is 343 g/mol. The molecule has 0 atom stereocenters. The van der Waals surface area contributed by atoms with Crippen molar-refractivity contribution in [2.24, 2.45) is 0 Å². The molecule has 0 radical (unpaired) electrons. The van der Waals surface area contributed by atoms with Crippen LogP contribution >= 0.6 is 11.6 Å². The first kappa shape index (κ1) is 17.4. The van der Waals surface area contributed by atoms with Gasteiger partial charge in [-0.1, -0.05) is 24.6 Å². The number of benzene rings is 2. The molecule has 0 saturated heterocycles. The number of rotatable bonds is 5. The van der Waals surface area contributed by atoms with Gasteiger partial charge in [-0.3, -0.25) is 4.79 Å². The normalized spacial score (nSPS) is 11.3. The van der Waals surface area contributed by atoms with Crippen LogP contribution in [0.3, 0.4) is 0 Å². The van der Waals surface area contributed by atoms with Gasteiger partial charge in [0.05, 0.1) is 10.6 Å². The number of hydrogen-bond acceptors (Lipinski definition) is 3. The molecule has 0 saturated carbocycles. The highest BCUT2D eigenvalue weighted by Gasteiger charge is 2.16. The lowest BCUT2D eigenvalue weighted by molar-refractivity contribution is 0.102. The minimum atomic E-state index is -3.67. The van der Waals surface area contributed by atoms with E-state index in [0.29, 0.717) is 0 Å². The Balaban J connectivity index is 2.27. The average Bonchev–Trinajstić information content (AvgIpc) is 2.50. The second kappa shape index (κ2) is 7.08. The summed E-state index contributed by atoms with van der Waals surface area (Å²) in [6, 6.07) is 9.31. The number of amides is 1. The Labute approximate surface area is 138 Å². The van der Waals surface area contributed by atoms with Crippen molar-refractivity contribution in [2.45, 2.75) is 11.8 Å². The van der Waals surface area contributed by atoms with Gasteiger partial charge in [-0.25, -0.2) is 17.5 Å². The van der Waals surface area contributed by atoms with Crippen LogP contribution in [-0.2, 0) is 10.0 Å². The number of hydrogen-bond donors (Lipinski definition) is 2. The molecule has 8 heteroatoms. The summed E-state index contributed by atoms with van der Waals surface area (Å²) in [6.07, 6.45) is 0. The maximum atomic E-state index is 13.7. The Morgan fingerprint density at radius 1 is 1.22 bits per heavy atom. The van der Waals surface area contributed by atoms with Crippen LogP contribution in [0.4, 0.5) is 10.1 Å². The van der Waals surface area contributed by atoms with Crippen molar-refractivity contribution < 1.29 is 17.6 Å². The smallest absolute Gasteiger partial charge is 0.255 e. The van der Waals surface area contributed by atoms with E-state index in [1.165, 1.54) is 36.4 Å². The van der Waals surface area contributed by atoms with Crippen molar-refractivity contribution in [2.75, 3.05) is 11.9 Å². The van der Waals surface area contributed by atoms with E-state index in [1.807, 2.05) is 0 Å². The van der Waals surface area contributed by atoms with E-state index in [2.05, 4.69) is 10.0 Å². The molecule has 2 aromatic carbocycles. The van der Waals surface area contributed by atoms with Crippen LogP contribution in [0.15, 0.2) is 47.4 Å². The zero-order valence-electron chi connectivity index (χ0n) is 12.1. The van der Waals surface area contributed by atoms with Gasteiger partial charge in [0.25, 0.3) is 5.91 Å². The molecule has 0 heterocycles. The Hall–Kier alpha value is -1.96. The lowest BCUT2D eigenvalue weighted by Gasteiger charge is -2.09. The van der Waals surface area contributed by atoms with Crippen LogP contribution in [0.25, 0.3) is 0 Å². The minimum Gasteiger partial charge on any atom is -0.319 e. The summed E-state index contributed by atoms with van der Waals surface area (Å²) in [6.45, 7) is 1.88. The molecule has 0 aliphatic heterocycles. The molecule has 0 bridgehead atoms. The predicted octanol–water partition coefficient (Wildman–Crippen LogP) is 3.03. The average molecular weight is 357 g/mol. The Kier molecular flexibility index (Phi) is 5.35. The highest BCUT2D eigenvalue weighted by Crippen LogP contribution is 2.20. The summed E-state index contributed by atoms with van der Waals surface area (Å²) >= 11 is 5.64. The van der Waals surface area contributed by atoms with Crippen molar-refractivity contribution in [1.82, 2.24) is 4.72 Å². The molecule has 0 fully saturated rings. The predicted molar refractivity (Wildman–Crippen MR) is 86.7 cm³/mol. The fourth-order valence-corrected chi connectivity index (χ4v) is 3.11. The Morgan fingerprint density at radius 3 is 2.61 bits per heavy atom. The van der Waals surface area contributed by atoms with E-state index >= 15 is 0 Å². The topological polar surface area (TPSA) is 75.3 Å². The van der Waals surface area contributed by atoms with Gasteiger partial charge in [0.15, 0.2) is 0 Å². The summed E-state index contributed by atoms with van der Waals surface area (Å²) in [7, 11) is -3.67. The Morgan fingerprint density at radius 2 is 1.96 bits per heavy atom. The van der Waals surface area contributed by atoms with Gasteiger partial charge >= 0.3 is 0 Å². The fraction of sp³-hybridized carbons (Fsp3) is 0.133. The maximum absolute atomic E-state index is 13.7. The first-order valence-electron chi connectivity index (χ1n) is 6.69. The lowest BCUT2D eigenvalue weighted by Crippen LogP contribution is -2.23. The van der Waals surface area contributed by atoms with E-state index in [9.17, 15) is 17.6 Å². The summed E-state index contributed by atoms with van der Waals surface area (Å²) in [5.74, 6) is -1.30. The number of halogens is 2. The van der Waals surface area contributed by atoms with E-state index < -0.39 is 21.7 Å². The summed E-state index contributed by atoms with van der Waals surface area (Å²) < 4.78 is 39.9. The SMILES string of the molecule is CCNS(=O)(=O)c1cccc(C(=O)Nc2ccc(Cl)cc2F)c1. The first-order valence-corrected chi connectivity index (χ1v) is 8.55. The van der Waals surface area contributed by atoms with Crippen LogP contribution in [0.5, 0.6) is 0 Å². The molecule has 2 aromatic rings. The molecule has 1 amide bonds. The van der Waals surface area contributed by atoms with Crippen LogP contribution in [-0.4, -0.2) is 20.9 Å². The lowest BCUT2D eigenvalue weighted by atomic mass is 10.2. The zero-order valence-corrected chi connectivity index (χ0v) is 13.7. The largest absolute Gasteiger partial charge is 0.319 e. The molecule has 0 aromatic heterocycles. The van der Waals surface area contributed by atoms with Gasteiger partial charge in [-0.15, -0.1) is 0 Å². The van der Waals surface area contributed by atoms with Gasteiger partial charge in [-0.2, -0.15) is 0 Å². The Bertz CT molecular complexity index is 840. The van der Waals surface area contributed by atoms with Gasteiger partial charge in [-0.05, 0) is 36.4 Å². The fourth-order valence-electron chi connectivity index (χ4n) is 1.86. The van der Waals surface area contributed by atoms with Crippen molar-refractivity contribution in [1.29, 1.82) is 0 Å². The molecule has 0 spiro atoms. The van der Waals surface area contributed by atoms with Gasteiger partial charge in [0.2, 0.25) is 10.0 Å². The third-order valence-corrected chi connectivity index (χ3v) is 4.70. The third-order valence-electron chi connectivity index (χ3n) is 2.92. The summed E-state index contributed by atoms with van der Waals surface area (Å²) in [4.78, 5) is 12.1. The highest BCUT2D eigenvalue weighted by atomic mass is 35.5.